The minimum atomic E-state index is 0. The van der Waals surface area contributed by atoms with Crippen LogP contribution in [0.1, 0.15) is 136 Å². The first kappa shape index (κ1) is 26.2. The van der Waals surface area contributed by atoms with Crippen LogP contribution in [0, 0.1) is 0 Å². The van der Waals surface area contributed by atoms with Gasteiger partial charge in [0.1, 0.15) is 0 Å². The van der Waals surface area contributed by atoms with Gasteiger partial charge in [0.05, 0.1) is 0 Å². The molecule has 1 aliphatic heterocycles. The highest BCUT2D eigenvalue weighted by Crippen LogP contribution is 2.17. The Labute approximate surface area is 172 Å². The molecule has 158 valence electrons. The maximum Gasteiger partial charge on any atom is 0.00669 e. The first-order valence-corrected chi connectivity index (χ1v) is 12.1. The van der Waals surface area contributed by atoms with Gasteiger partial charge in [-0.2, -0.15) is 0 Å². The van der Waals surface area contributed by atoms with E-state index in [2.05, 4.69) is 18.7 Å². The number of nitrogens with zero attached hydrogens (tertiary/aromatic N) is 1. The Hall–Kier alpha value is 0.250. The van der Waals surface area contributed by atoms with Crippen LogP contribution >= 0.6 is 12.4 Å². The number of hydrogen-bond donors (Lipinski definition) is 0. The van der Waals surface area contributed by atoms with E-state index in [1.165, 1.54) is 135 Å². The summed E-state index contributed by atoms with van der Waals surface area (Å²) in [5, 5.41) is 0. The molecule has 0 aromatic carbocycles. The van der Waals surface area contributed by atoms with E-state index >= 15 is 0 Å². The summed E-state index contributed by atoms with van der Waals surface area (Å²) >= 11 is 0. The average molecular weight is 388 g/mol. The molecule has 1 atom stereocenters. The van der Waals surface area contributed by atoms with Gasteiger partial charge in [-0.25, -0.2) is 0 Å². The van der Waals surface area contributed by atoms with Crippen molar-refractivity contribution in [2.75, 3.05) is 13.1 Å². The van der Waals surface area contributed by atoms with Gasteiger partial charge in [0, 0.05) is 6.04 Å². The summed E-state index contributed by atoms with van der Waals surface area (Å²) in [5.41, 5.74) is 0. The molecule has 0 saturated carbocycles. The molecule has 0 radical (unpaired) electrons. The third-order valence-electron chi connectivity index (χ3n) is 6.24. The zero-order chi connectivity index (χ0) is 18.0. The molecule has 1 aliphatic rings. The number of hydrogen-bond acceptors (Lipinski definition) is 1. The Balaban J connectivity index is 0.00000625. The Morgan fingerprint density at radius 3 is 1.38 bits per heavy atom. The van der Waals surface area contributed by atoms with E-state index in [1.807, 2.05) is 0 Å². The van der Waals surface area contributed by atoms with Gasteiger partial charge in [0.15, 0.2) is 0 Å². The van der Waals surface area contributed by atoms with E-state index in [0.29, 0.717) is 0 Å². The summed E-state index contributed by atoms with van der Waals surface area (Å²) in [6.45, 7) is 7.48. The number of halogens is 1. The molecule has 26 heavy (non-hydrogen) atoms. The van der Waals surface area contributed by atoms with Gasteiger partial charge in [0.2, 0.25) is 0 Å². The van der Waals surface area contributed by atoms with Crippen molar-refractivity contribution in [2.45, 2.75) is 142 Å². The molecule has 1 saturated heterocycles. The van der Waals surface area contributed by atoms with E-state index in [9.17, 15) is 0 Å². The second-order valence-corrected chi connectivity index (χ2v) is 8.68. The molecule has 0 amide bonds. The van der Waals surface area contributed by atoms with E-state index in [0.717, 1.165) is 6.04 Å². The van der Waals surface area contributed by atoms with Crippen molar-refractivity contribution >= 4 is 12.4 Å². The van der Waals surface area contributed by atoms with Crippen molar-refractivity contribution in [3.8, 4) is 0 Å². The highest BCUT2D eigenvalue weighted by molar-refractivity contribution is 5.85. The lowest BCUT2D eigenvalue weighted by atomic mass is 10.0. The van der Waals surface area contributed by atoms with E-state index < -0.39 is 0 Å². The molecule has 1 heterocycles. The van der Waals surface area contributed by atoms with Crippen molar-refractivity contribution in [1.82, 2.24) is 4.90 Å². The Morgan fingerprint density at radius 1 is 0.577 bits per heavy atom. The lowest BCUT2D eigenvalue weighted by molar-refractivity contribution is 0.164. The van der Waals surface area contributed by atoms with Crippen molar-refractivity contribution in [1.29, 1.82) is 0 Å². The van der Waals surface area contributed by atoms with Crippen LogP contribution in [0.5, 0.6) is 0 Å². The fourth-order valence-electron chi connectivity index (χ4n) is 4.35. The van der Waals surface area contributed by atoms with Crippen LogP contribution in [-0.4, -0.2) is 24.0 Å². The Morgan fingerprint density at radius 2 is 0.962 bits per heavy atom. The standard InChI is InChI=1S/C24H49N.ClH/c1-3-4-5-6-7-8-9-10-11-12-13-14-15-16-18-21-24(2)25-22-19-17-20-23-25;/h24H,3-23H2,1-2H3;1H. The van der Waals surface area contributed by atoms with Crippen LogP contribution in [0.3, 0.4) is 0 Å². The van der Waals surface area contributed by atoms with Gasteiger partial charge in [0.25, 0.3) is 0 Å². The van der Waals surface area contributed by atoms with Crippen LogP contribution < -0.4 is 0 Å². The van der Waals surface area contributed by atoms with Gasteiger partial charge < -0.3 is 4.90 Å². The summed E-state index contributed by atoms with van der Waals surface area (Å²) in [6, 6.07) is 0.835. The van der Waals surface area contributed by atoms with Gasteiger partial charge in [-0.05, 0) is 39.3 Å². The number of rotatable bonds is 17. The average Bonchev–Trinajstić information content (AvgIpc) is 2.65. The Bertz CT molecular complexity index is 263. The van der Waals surface area contributed by atoms with Crippen LogP contribution in [0.2, 0.25) is 0 Å². The van der Waals surface area contributed by atoms with E-state index in [4.69, 9.17) is 0 Å². The molecule has 2 heteroatoms. The second kappa shape index (κ2) is 20.0. The molecule has 0 aromatic rings. The predicted molar refractivity (Wildman–Crippen MR) is 122 cm³/mol. The molecule has 1 fully saturated rings. The van der Waals surface area contributed by atoms with Crippen molar-refractivity contribution in [2.24, 2.45) is 0 Å². The van der Waals surface area contributed by atoms with Crippen molar-refractivity contribution in [3.63, 3.8) is 0 Å². The predicted octanol–water partition coefficient (Wildman–Crippen LogP) is 8.54. The van der Waals surface area contributed by atoms with Crippen LogP contribution in [-0.2, 0) is 0 Å². The number of likely N-dealkylation sites (tertiary alicyclic amines) is 1. The molecule has 1 rings (SSSR count). The lowest BCUT2D eigenvalue weighted by Crippen LogP contribution is -2.37. The summed E-state index contributed by atoms with van der Waals surface area (Å²) in [6.07, 6.45) is 27.8. The quantitative estimate of drug-likeness (QED) is 0.226. The summed E-state index contributed by atoms with van der Waals surface area (Å²) in [4.78, 5) is 2.73. The molecule has 0 spiro atoms. The third kappa shape index (κ3) is 15.3. The normalized spacial score (nSPS) is 16.4. The first-order chi connectivity index (χ1) is 12.3. The molecule has 0 aromatic heterocycles. The van der Waals surface area contributed by atoms with Crippen LogP contribution in [0.15, 0.2) is 0 Å². The summed E-state index contributed by atoms with van der Waals surface area (Å²) < 4.78 is 0. The highest BCUT2D eigenvalue weighted by Gasteiger charge is 2.15. The van der Waals surface area contributed by atoms with Gasteiger partial charge in [-0.3, -0.25) is 0 Å². The van der Waals surface area contributed by atoms with Gasteiger partial charge in [-0.15, -0.1) is 12.4 Å². The fraction of sp³-hybridized carbons (Fsp3) is 1.00. The second-order valence-electron chi connectivity index (χ2n) is 8.68. The van der Waals surface area contributed by atoms with E-state index in [1.54, 1.807) is 0 Å². The van der Waals surface area contributed by atoms with Crippen LogP contribution in [0.25, 0.3) is 0 Å². The topological polar surface area (TPSA) is 3.24 Å². The largest absolute Gasteiger partial charge is 0.301 e. The maximum absolute atomic E-state index is 2.73. The SMILES string of the molecule is CCCCCCCCCCCCCCCCCC(C)N1CCCCC1.Cl. The number of piperidine rings is 1. The zero-order valence-electron chi connectivity index (χ0n) is 18.3. The molecule has 0 aliphatic carbocycles. The summed E-state index contributed by atoms with van der Waals surface area (Å²) in [7, 11) is 0. The summed E-state index contributed by atoms with van der Waals surface area (Å²) in [5.74, 6) is 0. The zero-order valence-corrected chi connectivity index (χ0v) is 19.1. The molecular formula is C24H50ClN. The number of unbranched alkanes of at least 4 members (excludes halogenated alkanes) is 14. The van der Waals surface area contributed by atoms with E-state index in [-0.39, 0.29) is 12.4 Å². The highest BCUT2D eigenvalue weighted by atomic mass is 35.5. The monoisotopic (exact) mass is 387 g/mol. The van der Waals surface area contributed by atoms with Gasteiger partial charge >= 0.3 is 0 Å². The minimum absolute atomic E-state index is 0. The van der Waals surface area contributed by atoms with Crippen molar-refractivity contribution in [3.05, 3.63) is 0 Å². The smallest absolute Gasteiger partial charge is 0.00669 e. The van der Waals surface area contributed by atoms with Gasteiger partial charge in [-0.1, -0.05) is 110 Å². The first-order valence-electron chi connectivity index (χ1n) is 12.1. The molecule has 1 nitrogen and oxygen atoms in total. The third-order valence-corrected chi connectivity index (χ3v) is 6.24. The lowest BCUT2D eigenvalue weighted by Gasteiger charge is -2.32. The fourth-order valence-corrected chi connectivity index (χ4v) is 4.35. The van der Waals surface area contributed by atoms with Crippen molar-refractivity contribution < 1.29 is 0 Å². The Kier molecular flexibility index (Phi) is 20.2. The van der Waals surface area contributed by atoms with Crippen LogP contribution in [0.4, 0.5) is 0 Å². The maximum atomic E-state index is 2.73. The molecule has 0 bridgehead atoms. The molecule has 1 unspecified atom stereocenters. The minimum Gasteiger partial charge on any atom is -0.301 e. The molecular weight excluding hydrogens is 338 g/mol. The molecule has 0 N–H and O–H groups in total.